The van der Waals surface area contributed by atoms with E-state index >= 15 is 0 Å². The van der Waals surface area contributed by atoms with Crippen molar-refractivity contribution in [2.24, 2.45) is 0 Å². The first-order valence-corrected chi connectivity index (χ1v) is 7.81. The Kier molecular flexibility index (Phi) is 5.78. The van der Waals surface area contributed by atoms with Gasteiger partial charge in [0.15, 0.2) is 0 Å². The van der Waals surface area contributed by atoms with Gasteiger partial charge in [-0.15, -0.1) is 0 Å². The molecular formula is C17H22N2O5. The molecule has 1 aliphatic heterocycles. The van der Waals surface area contributed by atoms with Crippen LogP contribution in [-0.4, -0.2) is 48.6 Å². The molecule has 1 aromatic carbocycles. The molecule has 0 aliphatic carbocycles. The highest BCUT2D eigenvalue weighted by Crippen LogP contribution is 2.30. The maximum atomic E-state index is 12.3. The standard InChI is InChI=1S/C17H22N2O5/c1-17(15(21)23-2)9-6-10-19(17)14(20)11-18-16(22)24-12-13-7-4-3-5-8-13/h3-5,7-8H,6,9-12H2,1-2H3,(H,18,22). The number of hydrogen-bond donors (Lipinski definition) is 1. The summed E-state index contributed by atoms with van der Waals surface area (Å²) in [5, 5.41) is 2.42. The van der Waals surface area contributed by atoms with Crippen LogP contribution < -0.4 is 5.32 Å². The smallest absolute Gasteiger partial charge is 0.407 e. The molecule has 1 N–H and O–H groups in total. The molecule has 1 aliphatic rings. The van der Waals surface area contributed by atoms with Crippen LogP contribution in [0.2, 0.25) is 0 Å². The first kappa shape index (κ1) is 17.8. The van der Waals surface area contributed by atoms with E-state index < -0.39 is 17.6 Å². The lowest BCUT2D eigenvalue weighted by Gasteiger charge is -2.32. The Morgan fingerprint density at radius 2 is 1.96 bits per heavy atom. The van der Waals surface area contributed by atoms with Crippen molar-refractivity contribution in [3.63, 3.8) is 0 Å². The molecule has 2 amide bonds. The molecule has 1 atom stereocenters. The number of amides is 2. The number of benzene rings is 1. The molecule has 130 valence electrons. The van der Waals surface area contributed by atoms with Gasteiger partial charge in [-0.2, -0.15) is 0 Å². The van der Waals surface area contributed by atoms with Crippen molar-refractivity contribution >= 4 is 18.0 Å². The molecule has 1 aromatic rings. The van der Waals surface area contributed by atoms with Crippen molar-refractivity contribution in [2.45, 2.75) is 31.9 Å². The summed E-state index contributed by atoms with van der Waals surface area (Å²) in [6.45, 7) is 2.05. The lowest BCUT2D eigenvalue weighted by Crippen LogP contribution is -2.53. The lowest BCUT2D eigenvalue weighted by atomic mass is 9.99. The number of hydrogen-bond acceptors (Lipinski definition) is 5. The number of rotatable bonds is 5. The molecule has 1 saturated heterocycles. The van der Waals surface area contributed by atoms with Crippen LogP contribution in [0.25, 0.3) is 0 Å². The van der Waals surface area contributed by atoms with Gasteiger partial charge in [0.05, 0.1) is 7.11 Å². The minimum atomic E-state index is -0.971. The van der Waals surface area contributed by atoms with Crippen molar-refractivity contribution in [3.8, 4) is 0 Å². The Bertz CT molecular complexity index is 604. The normalized spacial score (nSPS) is 19.7. The van der Waals surface area contributed by atoms with E-state index in [-0.39, 0.29) is 19.1 Å². The number of ether oxygens (including phenoxy) is 2. The van der Waals surface area contributed by atoms with Gasteiger partial charge in [0.25, 0.3) is 0 Å². The molecule has 0 saturated carbocycles. The van der Waals surface area contributed by atoms with E-state index in [0.717, 1.165) is 12.0 Å². The summed E-state index contributed by atoms with van der Waals surface area (Å²) in [5.41, 5.74) is -0.113. The van der Waals surface area contributed by atoms with Gasteiger partial charge in [-0.3, -0.25) is 4.79 Å². The van der Waals surface area contributed by atoms with Crippen molar-refractivity contribution < 1.29 is 23.9 Å². The number of nitrogens with one attached hydrogen (secondary N) is 1. The maximum Gasteiger partial charge on any atom is 0.407 e. The molecule has 24 heavy (non-hydrogen) atoms. The zero-order chi connectivity index (χ0) is 17.6. The summed E-state index contributed by atoms with van der Waals surface area (Å²) in [7, 11) is 1.30. The lowest BCUT2D eigenvalue weighted by molar-refractivity contribution is -0.157. The van der Waals surface area contributed by atoms with Gasteiger partial charge in [0, 0.05) is 6.54 Å². The Balaban J connectivity index is 1.82. The predicted molar refractivity (Wildman–Crippen MR) is 86.0 cm³/mol. The highest BCUT2D eigenvalue weighted by atomic mass is 16.5. The second-order valence-electron chi connectivity index (χ2n) is 5.83. The molecule has 0 spiro atoms. The molecule has 7 nitrogen and oxygen atoms in total. The third-order valence-corrected chi connectivity index (χ3v) is 4.16. The maximum absolute atomic E-state index is 12.3. The van der Waals surface area contributed by atoms with Gasteiger partial charge in [0.2, 0.25) is 5.91 Å². The summed E-state index contributed by atoms with van der Waals surface area (Å²) >= 11 is 0. The number of carbonyl (C=O) groups excluding carboxylic acids is 3. The number of methoxy groups -OCH3 is 1. The van der Waals surface area contributed by atoms with Gasteiger partial charge in [0.1, 0.15) is 18.7 Å². The van der Waals surface area contributed by atoms with Gasteiger partial charge in [-0.1, -0.05) is 30.3 Å². The molecular weight excluding hydrogens is 312 g/mol. The van der Waals surface area contributed by atoms with Crippen LogP contribution in [0.1, 0.15) is 25.3 Å². The van der Waals surface area contributed by atoms with E-state index in [1.165, 1.54) is 12.0 Å². The Hall–Kier alpha value is -2.57. The zero-order valence-corrected chi connectivity index (χ0v) is 13.9. The van der Waals surface area contributed by atoms with Crippen LogP contribution in [0, 0.1) is 0 Å². The number of likely N-dealkylation sites (tertiary alicyclic amines) is 1. The molecule has 1 fully saturated rings. The van der Waals surface area contributed by atoms with Crippen LogP contribution >= 0.6 is 0 Å². The van der Waals surface area contributed by atoms with Gasteiger partial charge in [-0.25, -0.2) is 9.59 Å². The molecule has 0 bridgehead atoms. The largest absolute Gasteiger partial charge is 0.467 e. The van der Waals surface area contributed by atoms with Crippen molar-refractivity contribution in [2.75, 3.05) is 20.2 Å². The van der Waals surface area contributed by atoms with E-state index in [0.29, 0.717) is 13.0 Å². The van der Waals surface area contributed by atoms with Crippen molar-refractivity contribution in [1.82, 2.24) is 10.2 Å². The third-order valence-electron chi connectivity index (χ3n) is 4.16. The molecule has 1 unspecified atom stereocenters. The Morgan fingerprint density at radius 3 is 2.62 bits per heavy atom. The van der Waals surface area contributed by atoms with E-state index in [1.807, 2.05) is 30.3 Å². The molecule has 2 rings (SSSR count). The highest BCUT2D eigenvalue weighted by Gasteiger charge is 2.46. The van der Waals surface area contributed by atoms with E-state index in [9.17, 15) is 14.4 Å². The van der Waals surface area contributed by atoms with Crippen molar-refractivity contribution in [3.05, 3.63) is 35.9 Å². The van der Waals surface area contributed by atoms with E-state index in [4.69, 9.17) is 9.47 Å². The first-order valence-electron chi connectivity index (χ1n) is 7.81. The summed E-state index contributed by atoms with van der Waals surface area (Å²) in [5.74, 6) is -0.780. The van der Waals surface area contributed by atoms with Crippen LogP contribution in [0.4, 0.5) is 4.79 Å². The molecule has 7 heteroatoms. The molecule has 0 radical (unpaired) electrons. The van der Waals surface area contributed by atoms with Crippen LogP contribution in [-0.2, 0) is 25.7 Å². The van der Waals surface area contributed by atoms with Crippen LogP contribution in [0.3, 0.4) is 0 Å². The highest BCUT2D eigenvalue weighted by molar-refractivity contribution is 5.90. The van der Waals surface area contributed by atoms with Crippen molar-refractivity contribution in [1.29, 1.82) is 0 Å². The second-order valence-corrected chi connectivity index (χ2v) is 5.83. The Morgan fingerprint density at radius 1 is 1.25 bits per heavy atom. The fourth-order valence-electron chi connectivity index (χ4n) is 2.81. The first-order chi connectivity index (χ1) is 11.5. The number of nitrogens with zero attached hydrogens (tertiary/aromatic N) is 1. The average molecular weight is 334 g/mol. The summed E-state index contributed by atoms with van der Waals surface area (Å²) in [6.07, 6.45) is 0.589. The topological polar surface area (TPSA) is 84.9 Å². The van der Waals surface area contributed by atoms with Gasteiger partial charge < -0.3 is 19.7 Å². The van der Waals surface area contributed by atoms with E-state index in [2.05, 4.69) is 5.32 Å². The minimum Gasteiger partial charge on any atom is -0.467 e. The summed E-state index contributed by atoms with van der Waals surface area (Å²) < 4.78 is 9.84. The minimum absolute atomic E-state index is 0.129. The monoisotopic (exact) mass is 334 g/mol. The fraction of sp³-hybridized carbons (Fsp3) is 0.471. The number of alkyl carbamates (subject to hydrolysis) is 1. The third kappa shape index (κ3) is 4.04. The second kappa shape index (κ2) is 7.81. The van der Waals surface area contributed by atoms with Crippen LogP contribution in [0.15, 0.2) is 30.3 Å². The summed E-state index contributed by atoms with van der Waals surface area (Å²) in [4.78, 5) is 37.4. The molecule has 0 aromatic heterocycles. The SMILES string of the molecule is COC(=O)C1(C)CCCN1C(=O)CNC(=O)OCc1ccccc1. The number of carbonyl (C=O) groups is 3. The predicted octanol–water partition coefficient (Wildman–Crippen LogP) is 1.47. The molecule has 1 heterocycles. The average Bonchev–Trinajstić information content (AvgIpc) is 3.01. The quantitative estimate of drug-likeness (QED) is 0.824. The Labute approximate surface area is 140 Å². The van der Waals surface area contributed by atoms with Gasteiger partial charge >= 0.3 is 12.1 Å². The van der Waals surface area contributed by atoms with E-state index in [1.54, 1.807) is 6.92 Å². The summed E-state index contributed by atoms with van der Waals surface area (Å²) in [6, 6.07) is 9.24. The number of esters is 1. The zero-order valence-electron chi connectivity index (χ0n) is 13.9. The fourth-order valence-corrected chi connectivity index (χ4v) is 2.81. The van der Waals surface area contributed by atoms with Gasteiger partial charge in [-0.05, 0) is 25.3 Å². The van der Waals surface area contributed by atoms with Crippen LogP contribution in [0.5, 0.6) is 0 Å².